The van der Waals surface area contributed by atoms with E-state index in [1.165, 1.54) is 20.3 Å². The van der Waals surface area contributed by atoms with Crippen LogP contribution in [-0.2, 0) is 26.1 Å². The lowest BCUT2D eigenvalue weighted by molar-refractivity contribution is -0.154. The number of rotatable bonds is 5. The van der Waals surface area contributed by atoms with Gasteiger partial charge in [0.25, 0.3) is 0 Å². The Morgan fingerprint density at radius 2 is 1.54 bits per heavy atom. The fraction of sp³-hybridized carbons (Fsp3) is 0.278. The molecule has 0 amide bonds. The maximum Gasteiger partial charge on any atom is 0.324 e. The van der Waals surface area contributed by atoms with E-state index in [2.05, 4.69) is 9.47 Å². The molecule has 0 bridgehead atoms. The van der Waals surface area contributed by atoms with Gasteiger partial charge in [-0.25, -0.2) is 0 Å². The Kier molecular flexibility index (Phi) is 5.18. The second kappa shape index (κ2) is 7.12. The predicted molar refractivity (Wildman–Crippen MR) is 86.8 cm³/mol. The van der Waals surface area contributed by atoms with Gasteiger partial charge in [0.15, 0.2) is 5.92 Å². The van der Waals surface area contributed by atoms with Gasteiger partial charge in [-0.3, -0.25) is 14.4 Å². The van der Waals surface area contributed by atoms with Gasteiger partial charge in [0.1, 0.15) is 0 Å². The molecule has 0 fully saturated rings. The van der Waals surface area contributed by atoms with Crippen LogP contribution in [0.3, 0.4) is 0 Å². The number of ether oxygens (including phenoxy) is 2. The van der Waals surface area contributed by atoms with E-state index in [4.69, 9.17) is 0 Å². The van der Waals surface area contributed by atoms with Crippen LogP contribution in [0.4, 0.5) is 0 Å². The molecule has 1 aromatic heterocycles. The second-order valence-electron chi connectivity index (χ2n) is 5.44. The number of carbonyl (C=O) groups is 3. The van der Waals surface area contributed by atoms with Crippen molar-refractivity contribution >= 4 is 17.7 Å². The van der Waals surface area contributed by atoms with Crippen LogP contribution < -0.4 is 0 Å². The molecule has 126 valence electrons. The highest BCUT2D eigenvalue weighted by atomic mass is 16.5. The average Bonchev–Trinajstić information content (AvgIpc) is 2.95. The minimum absolute atomic E-state index is 0.197. The number of hydrogen-bond donors (Lipinski definition) is 0. The second-order valence-corrected chi connectivity index (χ2v) is 5.44. The maximum atomic E-state index is 12.6. The number of nitrogens with zero attached hydrogens (tertiary/aromatic N) is 1. The minimum Gasteiger partial charge on any atom is -0.468 e. The maximum absolute atomic E-state index is 12.6. The lowest BCUT2D eigenvalue weighted by atomic mass is 10.0. The van der Waals surface area contributed by atoms with E-state index in [-0.39, 0.29) is 5.78 Å². The summed E-state index contributed by atoms with van der Waals surface area (Å²) in [5.74, 6) is -2.88. The summed E-state index contributed by atoms with van der Waals surface area (Å²) in [6.07, 6.45) is 1.56. The molecular formula is C18H19NO5. The van der Waals surface area contributed by atoms with E-state index in [9.17, 15) is 14.4 Å². The molecule has 0 N–H and O–H groups in total. The van der Waals surface area contributed by atoms with Crippen molar-refractivity contribution in [3.63, 3.8) is 0 Å². The molecule has 0 saturated heterocycles. The van der Waals surface area contributed by atoms with E-state index < -0.39 is 17.9 Å². The standard InChI is InChI=1S/C18H19NO5/c1-11-5-7-12(8-6-11)16(20)14-9-13(10-19(14)2)15(17(21)23-3)18(22)24-4/h5-10,15H,1-4H3. The Morgan fingerprint density at radius 1 is 1.00 bits per heavy atom. The number of esters is 2. The van der Waals surface area contributed by atoms with E-state index >= 15 is 0 Å². The first-order valence-corrected chi connectivity index (χ1v) is 7.32. The Labute approximate surface area is 140 Å². The number of ketones is 1. The van der Waals surface area contributed by atoms with E-state index in [0.29, 0.717) is 16.8 Å². The van der Waals surface area contributed by atoms with Crippen LogP contribution >= 0.6 is 0 Å². The van der Waals surface area contributed by atoms with Crippen molar-refractivity contribution in [2.45, 2.75) is 12.8 Å². The first kappa shape index (κ1) is 17.5. The molecule has 6 nitrogen and oxygen atoms in total. The summed E-state index contributed by atoms with van der Waals surface area (Å²) in [5.41, 5.74) is 2.30. The number of aromatic nitrogens is 1. The molecule has 0 spiro atoms. The van der Waals surface area contributed by atoms with Gasteiger partial charge in [-0.2, -0.15) is 0 Å². The predicted octanol–water partition coefficient (Wildman–Crippen LogP) is 1.99. The van der Waals surface area contributed by atoms with Crippen LogP contribution in [-0.4, -0.2) is 36.5 Å². The summed E-state index contributed by atoms with van der Waals surface area (Å²) in [5, 5.41) is 0. The van der Waals surface area contributed by atoms with Gasteiger partial charge in [0.05, 0.1) is 19.9 Å². The highest BCUT2D eigenvalue weighted by Crippen LogP contribution is 2.23. The first-order chi connectivity index (χ1) is 11.4. The Hall–Kier alpha value is -2.89. The van der Waals surface area contributed by atoms with Crippen LogP contribution in [0, 0.1) is 6.92 Å². The molecule has 2 aromatic rings. The Bertz CT molecular complexity index is 757. The van der Waals surface area contributed by atoms with Crippen LogP contribution in [0.1, 0.15) is 33.1 Å². The number of aryl methyl sites for hydroxylation is 2. The zero-order valence-electron chi connectivity index (χ0n) is 14.0. The highest BCUT2D eigenvalue weighted by Gasteiger charge is 2.32. The zero-order chi connectivity index (χ0) is 17.9. The van der Waals surface area contributed by atoms with Gasteiger partial charge in [0.2, 0.25) is 5.78 Å². The number of hydrogen-bond acceptors (Lipinski definition) is 5. The van der Waals surface area contributed by atoms with Crippen molar-refractivity contribution in [1.82, 2.24) is 4.57 Å². The molecule has 1 heterocycles. The molecule has 0 atom stereocenters. The third-order valence-corrected chi connectivity index (χ3v) is 3.78. The molecule has 24 heavy (non-hydrogen) atoms. The third kappa shape index (κ3) is 3.37. The normalized spacial score (nSPS) is 10.5. The molecule has 0 unspecified atom stereocenters. The molecule has 1 aromatic carbocycles. The summed E-state index contributed by atoms with van der Waals surface area (Å²) in [7, 11) is 4.07. The monoisotopic (exact) mass is 329 g/mol. The minimum atomic E-state index is -1.22. The highest BCUT2D eigenvalue weighted by molar-refractivity contribution is 6.09. The smallest absolute Gasteiger partial charge is 0.324 e. The first-order valence-electron chi connectivity index (χ1n) is 7.32. The average molecular weight is 329 g/mol. The van der Waals surface area contributed by atoms with Crippen molar-refractivity contribution in [3.05, 3.63) is 58.9 Å². The van der Waals surface area contributed by atoms with Gasteiger partial charge < -0.3 is 14.0 Å². The van der Waals surface area contributed by atoms with Gasteiger partial charge in [-0.1, -0.05) is 29.8 Å². The Morgan fingerprint density at radius 3 is 2.04 bits per heavy atom. The van der Waals surface area contributed by atoms with Crippen LogP contribution in [0.2, 0.25) is 0 Å². The van der Waals surface area contributed by atoms with Gasteiger partial charge >= 0.3 is 11.9 Å². The summed E-state index contributed by atoms with van der Waals surface area (Å²) in [4.78, 5) is 36.4. The quantitative estimate of drug-likeness (QED) is 0.476. The molecule has 2 rings (SSSR count). The van der Waals surface area contributed by atoms with Crippen molar-refractivity contribution < 1.29 is 23.9 Å². The van der Waals surface area contributed by atoms with E-state index in [0.717, 1.165) is 5.56 Å². The third-order valence-electron chi connectivity index (χ3n) is 3.78. The summed E-state index contributed by atoms with van der Waals surface area (Å²) in [6, 6.07) is 8.69. The topological polar surface area (TPSA) is 74.6 Å². The van der Waals surface area contributed by atoms with Crippen molar-refractivity contribution in [3.8, 4) is 0 Å². The lowest BCUT2D eigenvalue weighted by Gasteiger charge is -2.10. The van der Waals surface area contributed by atoms with Crippen LogP contribution in [0.5, 0.6) is 0 Å². The fourth-order valence-corrected chi connectivity index (χ4v) is 2.43. The summed E-state index contributed by atoms with van der Waals surface area (Å²) in [6.45, 7) is 1.94. The summed E-state index contributed by atoms with van der Waals surface area (Å²) >= 11 is 0. The number of carbonyl (C=O) groups excluding carboxylic acids is 3. The van der Waals surface area contributed by atoms with Gasteiger partial charge in [-0.05, 0) is 18.6 Å². The van der Waals surface area contributed by atoms with Crippen LogP contribution in [0.15, 0.2) is 36.5 Å². The van der Waals surface area contributed by atoms with Crippen LogP contribution in [0.25, 0.3) is 0 Å². The molecule has 0 aliphatic rings. The lowest BCUT2D eigenvalue weighted by Crippen LogP contribution is -2.24. The van der Waals surface area contributed by atoms with E-state index in [1.807, 2.05) is 19.1 Å². The molecule has 0 saturated carbocycles. The van der Waals surface area contributed by atoms with Gasteiger partial charge in [0, 0.05) is 18.8 Å². The largest absolute Gasteiger partial charge is 0.468 e. The fourth-order valence-electron chi connectivity index (χ4n) is 2.43. The van der Waals surface area contributed by atoms with Crippen molar-refractivity contribution in [1.29, 1.82) is 0 Å². The van der Waals surface area contributed by atoms with Gasteiger partial charge in [-0.15, -0.1) is 0 Å². The van der Waals surface area contributed by atoms with Crippen molar-refractivity contribution in [2.75, 3.05) is 14.2 Å². The zero-order valence-corrected chi connectivity index (χ0v) is 14.0. The van der Waals surface area contributed by atoms with Crippen molar-refractivity contribution in [2.24, 2.45) is 7.05 Å². The SMILES string of the molecule is COC(=O)C(C(=O)OC)c1cc(C(=O)c2ccc(C)cc2)n(C)c1. The van der Waals surface area contributed by atoms with E-state index in [1.54, 1.807) is 29.9 Å². The molecule has 6 heteroatoms. The number of benzene rings is 1. The molecule has 0 aliphatic heterocycles. The Balaban J connectivity index is 2.41. The number of methoxy groups -OCH3 is 2. The molecule has 0 radical (unpaired) electrons. The molecular weight excluding hydrogens is 310 g/mol. The molecule has 0 aliphatic carbocycles. The summed E-state index contributed by atoms with van der Waals surface area (Å²) < 4.78 is 10.9.